The van der Waals surface area contributed by atoms with Crippen molar-refractivity contribution < 1.29 is 4.42 Å². The summed E-state index contributed by atoms with van der Waals surface area (Å²) in [6.07, 6.45) is 4.64. The number of fused-ring (bicyclic) bond motifs is 1. The summed E-state index contributed by atoms with van der Waals surface area (Å²) in [4.78, 5) is 2.55. The van der Waals surface area contributed by atoms with E-state index in [9.17, 15) is 0 Å². The Labute approximate surface area is 147 Å². The SMILES string of the molecule is c1ccc2c(CN3CCC(c4nnc(C5CC5)o4)CC3)cccc2c1. The molecule has 128 valence electrons. The molecule has 0 unspecified atom stereocenters. The Morgan fingerprint density at radius 2 is 1.52 bits per heavy atom. The number of rotatable bonds is 4. The maximum atomic E-state index is 5.92. The Bertz CT molecular complexity index is 870. The van der Waals surface area contributed by atoms with Crippen LogP contribution in [0.2, 0.25) is 0 Å². The van der Waals surface area contributed by atoms with Gasteiger partial charge < -0.3 is 4.42 Å². The molecule has 0 N–H and O–H groups in total. The van der Waals surface area contributed by atoms with Gasteiger partial charge in [-0.25, -0.2) is 0 Å². The predicted octanol–water partition coefficient (Wildman–Crippen LogP) is 4.48. The van der Waals surface area contributed by atoms with Crippen molar-refractivity contribution in [3.8, 4) is 0 Å². The first-order valence-corrected chi connectivity index (χ1v) is 9.39. The van der Waals surface area contributed by atoms with E-state index in [-0.39, 0.29) is 0 Å². The van der Waals surface area contributed by atoms with Crippen LogP contribution < -0.4 is 0 Å². The van der Waals surface area contributed by atoms with E-state index in [0.717, 1.165) is 44.3 Å². The minimum absolute atomic E-state index is 0.434. The molecule has 0 atom stereocenters. The molecule has 1 aliphatic heterocycles. The van der Waals surface area contributed by atoms with Gasteiger partial charge in [0.15, 0.2) is 0 Å². The van der Waals surface area contributed by atoms with Gasteiger partial charge in [0.05, 0.1) is 0 Å². The van der Waals surface area contributed by atoms with E-state index in [0.29, 0.717) is 11.8 Å². The summed E-state index contributed by atoms with van der Waals surface area (Å²) in [5.41, 5.74) is 1.42. The molecule has 5 rings (SSSR count). The average Bonchev–Trinajstić information content (AvgIpc) is 3.40. The zero-order valence-electron chi connectivity index (χ0n) is 14.4. The lowest BCUT2D eigenvalue weighted by molar-refractivity contribution is 0.192. The number of benzene rings is 2. The van der Waals surface area contributed by atoms with E-state index in [1.54, 1.807) is 0 Å². The van der Waals surface area contributed by atoms with Crippen LogP contribution in [0.25, 0.3) is 10.8 Å². The van der Waals surface area contributed by atoms with E-state index >= 15 is 0 Å². The van der Waals surface area contributed by atoms with Crippen LogP contribution in [0.15, 0.2) is 46.9 Å². The third-order valence-corrected chi connectivity index (χ3v) is 5.59. The van der Waals surface area contributed by atoms with Crippen LogP contribution in [-0.4, -0.2) is 28.2 Å². The third kappa shape index (κ3) is 3.07. The molecule has 0 spiro atoms. The van der Waals surface area contributed by atoms with Crippen molar-refractivity contribution in [2.45, 2.75) is 44.1 Å². The van der Waals surface area contributed by atoms with Crippen molar-refractivity contribution in [2.24, 2.45) is 0 Å². The maximum absolute atomic E-state index is 5.92. The summed E-state index contributed by atoms with van der Waals surface area (Å²) >= 11 is 0. The zero-order chi connectivity index (χ0) is 16.6. The largest absolute Gasteiger partial charge is 0.425 e. The standard InChI is InChI=1S/C21H23N3O/c1-2-7-19-15(4-1)5-3-6-18(19)14-24-12-10-17(11-13-24)21-23-22-20(25-21)16-8-9-16/h1-7,16-17H,8-14H2. The van der Waals surface area contributed by atoms with Crippen molar-refractivity contribution in [3.05, 3.63) is 59.8 Å². The molecule has 1 saturated heterocycles. The van der Waals surface area contributed by atoms with Crippen LogP contribution in [0.1, 0.15) is 54.9 Å². The lowest BCUT2D eigenvalue weighted by Gasteiger charge is -2.30. The minimum Gasteiger partial charge on any atom is -0.425 e. The normalized spacial score (nSPS) is 19.5. The molecule has 0 radical (unpaired) electrons. The van der Waals surface area contributed by atoms with Crippen LogP contribution in [0.5, 0.6) is 0 Å². The molecule has 2 fully saturated rings. The molecule has 3 aromatic rings. The van der Waals surface area contributed by atoms with Gasteiger partial charge in [-0.3, -0.25) is 4.90 Å². The quantitative estimate of drug-likeness (QED) is 0.706. The maximum Gasteiger partial charge on any atom is 0.219 e. The summed E-state index contributed by atoms with van der Waals surface area (Å²) in [5, 5.41) is 11.3. The Morgan fingerprint density at radius 3 is 2.28 bits per heavy atom. The number of aromatic nitrogens is 2. The minimum atomic E-state index is 0.434. The molecular weight excluding hydrogens is 310 g/mol. The number of likely N-dealkylation sites (tertiary alicyclic amines) is 1. The molecule has 4 nitrogen and oxygen atoms in total. The highest BCUT2D eigenvalue weighted by atomic mass is 16.4. The van der Waals surface area contributed by atoms with Crippen LogP contribution in [0.3, 0.4) is 0 Å². The smallest absolute Gasteiger partial charge is 0.219 e. The van der Waals surface area contributed by atoms with Gasteiger partial charge in [-0.2, -0.15) is 0 Å². The zero-order valence-corrected chi connectivity index (χ0v) is 14.4. The van der Waals surface area contributed by atoms with Gasteiger partial charge >= 0.3 is 0 Å². The molecule has 1 aliphatic carbocycles. The van der Waals surface area contributed by atoms with Crippen molar-refractivity contribution in [3.63, 3.8) is 0 Å². The van der Waals surface area contributed by atoms with Gasteiger partial charge in [-0.15, -0.1) is 10.2 Å². The third-order valence-electron chi connectivity index (χ3n) is 5.59. The Morgan fingerprint density at radius 1 is 0.840 bits per heavy atom. The Kier molecular flexibility index (Phi) is 3.78. The van der Waals surface area contributed by atoms with Crippen LogP contribution in [0, 0.1) is 0 Å². The molecular formula is C21H23N3O. The molecule has 0 amide bonds. The topological polar surface area (TPSA) is 42.2 Å². The highest BCUT2D eigenvalue weighted by Crippen LogP contribution is 2.40. The van der Waals surface area contributed by atoms with E-state index in [1.807, 2.05) is 0 Å². The first kappa shape index (κ1) is 15.1. The highest BCUT2D eigenvalue weighted by Gasteiger charge is 2.31. The second kappa shape index (κ2) is 6.26. The average molecular weight is 333 g/mol. The number of nitrogens with zero attached hydrogens (tertiary/aromatic N) is 3. The van der Waals surface area contributed by atoms with Gasteiger partial charge in [0, 0.05) is 18.4 Å². The summed E-state index contributed by atoms with van der Waals surface area (Å²) in [6.45, 7) is 3.20. The Hall–Kier alpha value is -2.20. The second-order valence-electron chi connectivity index (χ2n) is 7.44. The van der Waals surface area contributed by atoms with Gasteiger partial charge in [-0.05, 0) is 55.1 Å². The Balaban J connectivity index is 1.25. The van der Waals surface area contributed by atoms with E-state index in [4.69, 9.17) is 4.42 Å². The molecule has 1 saturated carbocycles. The molecule has 4 heteroatoms. The molecule has 25 heavy (non-hydrogen) atoms. The molecule has 1 aromatic heterocycles. The number of piperidine rings is 1. The lowest BCUT2D eigenvalue weighted by Crippen LogP contribution is -2.32. The molecule has 2 aliphatic rings. The van der Waals surface area contributed by atoms with Gasteiger partial charge in [0.1, 0.15) is 0 Å². The van der Waals surface area contributed by atoms with Crippen molar-refractivity contribution >= 4 is 10.8 Å². The molecule has 2 aromatic carbocycles. The van der Waals surface area contributed by atoms with Gasteiger partial charge in [0.25, 0.3) is 0 Å². The van der Waals surface area contributed by atoms with Gasteiger partial charge in [0.2, 0.25) is 11.8 Å². The fourth-order valence-corrected chi connectivity index (χ4v) is 3.92. The first-order valence-electron chi connectivity index (χ1n) is 9.39. The first-order chi connectivity index (χ1) is 12.4. The fourth-order valence-electron chi connectivity index (χ4n) is 3.92. The van der Waals surface area contributed by atoms with Crippen molar-refractivity contribution in [2.75, 3.05) is 13.1 Å². The summed E-state index contributed by atoms with van der Waals surface area (Å²) in [5.74, 6) is 2.72. The number of hydrogen-bond acceptors (Lipinski definition) is 4. The van der Waals surface area contributed by atoms with Crippen LogP contribution in [-0.2, 0) is 6.54 Å². The lowest BCUT2D eigenvalue weighted by atomic mass is 9.96. The summed E-state index contributed by atoms with van der Waals surface area (Å²) < 4.78 is 5.92. The number of hydrogen-bond donors (Lipinski definition) is 0. The molecule has 2 heterocycles. The predicted molar refractivity (Wildman–Crippen MR) is 97.5 cm³/mol. The van der Waals surface area contributed by atoms with Crippen molar-refractivity contribution in [1.29, 1.82) is 0 Å². The highest BCUT2D eigenvalue weighted by molar-refractivity contribution is 5.85. The fraction of sp³-hybridized carbons (Fsp3) is 0.429. The van der Waals surface area contributed by atoms with E-state index in [1.165, 1.54) is 29.2 Å². The summed E-state index contributed by atoms with van der Waals surface area (Å²) in [6, 6.07) is 15.3. The van der Waals surface area contributed by atoms with Crippen LogP contribution >= 0.6 is 0 Å². The monoisotopic (exact) mass is 333 g/mol. The van der Waals surface area contributed by atoms with Crippen LogP contribution in [0.4, 0.5) is 0 Å². The van der Waals surface area contributed by atoms with Crippen molar-refractivity contribution in [1.82, 2.24) is 15.1 Å². The van der Waals surface area contributed by atoms with E-state index < -0.39 is 0 Å². The molecule has 0 bridgehead atoms. The second-order valence-corrected chi connectivity index (χ2v) is 7.44. The summed E-state index contributed by atoms with van der Waals surface area (Å²) in [7, 11) is 0. The van der Waals surface area contributed by atoms with Gasteiger partial charge in [-0.1, -0.05) is 42.5 Å². The van der Waals surface area contributed by atoms with E-state index in [2.05, 4.69) is 57.6 Å².